The molecule has 1 amide bonds. The number of nitrogens with zero attached hydrogens (tertiary/aromatic N) is 2. The van der Waals surface area contributed by atoms with E-state index in [-0.39, 0.29) is 12.0 Å². The predicted octanol–water partition coefficient (Wildman–Crippen LogP) is 2.48. The summed E-state index contributed by atoms with van der Waals surface area (Å²) in [5, 5.41) is 3.92. The number of carbonyl (C=O) groups excluding carboxylic acids is 1. The highest BCUT2D eigenvalue weighted by Gasteiger charge is 2.36. The number of likely N-dealkylation sites (N-methyl/N-ethyl adjacent to an activating group) is 1. The Morgan fingerprint density at radius 3 is 2.48 bits per heavy atom. The summed E-state index contributed by atoms with van der Waals surface area (Å²) in [7, 11) is 1.74. The van der Waals surface area contributed by atoms with Crippen molar-refractivity contribution in [1.29, 1.82) is 0 Å². The maximum absolute atomic E-state index is 12.7. The molecule has 0 spiro atoms. The van der Waals surface area contributed by atoms with Crippen LogP contribution < -0.4 is 9.47 Å². The van der Waals surface area contributed by atoms with Crippen LogP contribution in [0.15, 0.2) is 28.8 Å². The van der Waals surface area contributed by atoms with Crippen LogP contribution in [0.5, 0.6) is 11.5 Å². The van der Waals surface area contributed by atoms with Crippen molar-refractivity contribution in [1.82, 2.24) is 10.1 Å². The molecule has 0 aliphatic carbocycles. The van der Waals surface area contributed by atoms with Crippen LogP contribution in [-0.4, -0.2) is 35.2 Å². The fourth-order valence-corrected chi connectivity index (χ4v) is 2.65. The first kappa shape index (κ1) is 15.4. The Kier molecular flexibility index (Phi) is 3.98. The summed E-state index contributed by atoms with van der Waals surface area (Å²) in [6.07, 6.45) is -1.03. The van der Waals surface area contributed by atoms with Crippen LogP contribution in [0.2, 0.25) is 0 Å². The van der Waals surface area contributed by atoms with Gasteiger partial charge in [0, 0.05) is 12.6 Å². The van der Waals surface area contributed by atoms with Gasteiger partial charge in [-0.2, -0.15) is 0 Å². The summed E-state index contributed by atoms with van der Waals surface area (Å²) in [6, 6.07) is 7.36. The third-order valence-electron chi connectivity index (χ3n) is 4.04. The van der Waals surface area contributed by atoms with Gasteiger partial charge >= 0.3 is 0 Å². The van der Waals surface area contributed by atoms with Crippen molar-refractivity contribution in [3.63, 3.8) is 0 Å². The van der Waals surface area contributed by atoms with Gasteiger partial charge in [0.2, 0.25) is 6.10 Å². The maximum Gasteiger partial charge on any atom is 0.267 e. The normalized spacial score (nSPS) is 19.5. The number of carbonyl (C=O) groups is 1. The smallest absolute Gasteiger partial charge is 0.267 e. The molecule has 0 N–H and O–H groups in total. The second kappa shape index (κ2) is 5.95. The first-order chi connectivity index (χ1) is 11.0. The number of ether oxygens (including phenoxy) is 2. The molecule has 0 radical (unpaired) electrons. The third-order valence-corrected chi connectivity index (χ3v) is 4.04. The molecule has 2 heterocycles. The number of benzene rings is 1. The number of amides is 1. The van der Waals surface area contributed by atoms with Crippen molar-refractivity contribution < 1.29 is 18.8 Å². The zero-order valence-electron chi connectivity index (χ0n) is 13.7. The van der Waals surface area contributed by atoms with Gasteiger partial charge < -0.3 is 18.9 Å². The average molecular weight is 316 g/mol. The molecule has 2 aromatic rings. The van der Waals surface area contributed by atoms with Crippen LogP contribution in [0.3, 0.4) is 0 Å². The molecule has 0 bridgehead atoms. The molecule has 1 aliphatic heterocycles. The zero-order chi connectivity index (χ0) is 16.6. The molecule has 1 aliphatic rings. The number of hydrogen-bond donors (Lipinski definition) is 0. The van der Waals surface area contributed by atoms with Crippen molar-refractivity contribution in [2.24, 2.45) is 0 Å². The second-order valence-corrected chi connectivity index (χ2v) is 5.81. The van der Waals surface area contributed by atoms with Gasteiger partial charge in [0.15, 0.2) is 11.5 Å². The van der Waals surface area contributed by atoms with E-state index in [1.807, 2.05) is 39.0 Å². The number of para-hydroxylation sites is 2. The van der Waals surface area contributed by atoms with Crippen LogP contribution >= 0.6 is 0 Å². The highest BCUT2D eigenvalue weighted by Crippen LogP contribution is 2.34. The highest BCUT2D eigenvalue weighted by atomic mass is 16.6. The molecule has 6 nitrogen and oxygen atoms in total. The molecule has 0 saturated heterocycles. The molecule has 2 unspecified atom stereocenters. The lowest BCUT2D eigenvalue weighted by Crippen LogP contribution is -2.49. The Hall–Kier alpha value is -2.50. The minimum absolute atomic E-state index is 0.132. The second-order valence-electron chi connectivity index (χ2n) is 5.81. The summed E-state index contributed by atoms with van der Waals surface area (Å²) in [4.78, 5) is 14.4. The van der Waals surface area contributed by atoms with E-state index in [0.717, 1.165) is 17.0 Å². The number of aromatic nitrogens is 1. The fraction of sp³-hybridized carbons (Fsp3) is 0.412. The van der Waals surface area contributed by atoms with Gasteiger partial charge in [-0.15, -0.1) is 0 Å². The Morgan fingerprint density at radius 1 is 1.22 bits per heavy atom. The molecular weight excluding hydrogens is 296 g/mol. The van der Waals surface area contributed by atoms with Gasteiger partial charge in [-0.05, 0) is 32.9 Å². The Morgan fingerprint density at radius 2 is 1.87 bits per heavy atom. The summed E-state index contributed by atoms with van der Waals surface area (Å²) in [5.41, 5.74) is 1.71. The Bertz CT molecular complexity index is 706. The van der Waals surface area contributed by atoms with Crippen LogP contribution in [0.1, 0.15) is 23.9 Å². The van der Waals surface area contributed by atoms with E-state index in [4.69, 9.17) is 14.0 Å². The quantitative estimate of drug-likeness (QED) is 0.870. The monoisotopic (exact) mass is 316 g/mol. The number of hydrogen-bond acceptors (Lipinski definition) is 5. The van der Waals surface area contributed by atoms with Crippen molar-refractivity contribution in [2.75, 3.05) is 7.05 Å². The van der Waals surface area contributed by atoms with Crippen LogP contribution in [0.4, 0.5) is 0 Å². The first-order valence-corrected chi connectivity index (χ1v) is 7.56. The third kappa shape index (κ3) is 2.88. The lowest BCUT2D eigenvalue weighted by atomic mass is 10.1. The standard InChI is InChI=1S/C17H20N2O4/c1-10-13(11(2)23-18-10)9-19(4)17(20)16-12(3)21-14-7-5-6-8-15(14)22-16/h5-8,12,16H,9H2,1-4H3. The minimum Gasteiger partial charge on any atom is -0.482 e. The molecule has 122 valence electrons. The Labute approximate surface area is 135 Å². The molecule has 2 atom stereocenters. The van der Waals surface area contributed by atoms with E-state index in [2.05, 4.69) is 5.16 Å². The Balaban J connectivity index is 1.75. The largest absolute Gasteiger partial charge is 0.482 e. The number of aryl methyl sites for hydroxylation is 2. The molecule has 0 fully saturated rings. The minimum atomic E-state index is -0.671. The SMILES string of the molecule is Cc1noc(C)c1CN(C)C(=O)C1Oc2ccccc2OC1C. The molecule has 1 aromatic carbocycles. The van der Waals surface area contributed by atoms with Gasteiger partial charge in [-0.1, -0.05) is 17.3 Å². The van der Waals surface area contributed by atoms with Gasteiger partial charge in [-0.25, -0.2) is 0 Å². The lowest BCUT2D eigenvalue weighted by Gasteiger charge is -2.33. The molecule has 3 rings (SSSR count). The summed E-state index contributed by atoms with van der Waals surface area (Å²) < 4.78 is 16.8. The average Bonchev–Trinajstić information content (AvgIpc) is 2.85. The van der Waals surface area contributed by atoms with Crippen molar-refractivity contribution >= 4 is 5.91 Å². The van der Waals surface area contributed by atoms with Crippen LogP contribution in [0, 0.1) is 13.8 Å². The topological polar surface area (TPSA) is 64.8 Å². The van der Waals surface area contributed by atoms with Gasteiger partial charge in [-0.3, -0.25) is 4.79 Å². The molecule has 6 heteroatoms. The summed E-state index contributed by atoms with van der Waals surface area (Å²) in [5.74, 6) is 1.85. The summed E-state index contributed by atoms with van der Waals surface area (Å²) >= 11 is 0. The van der Waals surface area contributed by atoms with E-state index in [1.165, 1.54) is 0 Å². The zero-order valence-corrected chi connectivity index (χ0v) is 13.7. The predicted molar refractivity (Wildman–Crippen MR) is 83.4 cm³/mol. The van der Waals surface area contributed by atoms with Crippen LogP contribution in [-0.2, 0) is 11.3 Å². The van der Waals surface area contributed by atoms with E-state index >= 15 is 0 Å². The van der Waals surface area contributed by atoms with Gasteiger partial charge in [0.05, 0.1) is 12.2 Å². The van der Waals surface area contributed by atoms with Crippen molar-refractivity contribution in [2.45, 2.75) is 39.5 Å². The molecule has 0 saturated carbocycles. The van der Waals surface area contributed by atoms with E-state index in [1.54, 1.807) is 18.0 Å². The van der Waals surface area contributed by atoms with Gasteiger partial charge in [0.25, 0.3) is 5.91 Å². The van der Waals surface area contributed by atoms with E-state index in [0.29, 0.717) is 18.0 Å². The number of rotatable bonds is 3. The first-order valence-electron chi connectivity index (χ1n) is 7.56. The van der Waals surface area contributed by atoms with Crippen LogP contribution in [0.25, 0.3) is 0 Å². The number of fused-ring (bicyclic) bond motifs is 1. The van der Waals surface area contributed by atoms with E-state index < -0.39 is 6.10 Å². The fourth-order valence-electron chi connectivity index (χ4n) is 2.65. The van der Waals surface area contributed by atoms with Crippen molar-refractivity contribution in [3.8, 4) is 11.5 Å². The van der Waals surface area contributed by atoms with E-state index in [9.17, 15) is 4.79 Å². The lowest BCUT2D eigenvalue weighted by molar-refractivity contribution is -0.143. The van der Waals surface area contributed by atoms with Gasteiger partial charge in [0.1, 0.15) is 11.9 Å². The highest BCUT2D eigenvalue weighted by molar-refractivity contribution is 5.82. The molecule has 1 aromatic heterocycles. The maximum atomic E-state index is 12.7. The molecular formula is C17H20N2O4. The summed E-state index contributed by atoms with van der Waals surface area (Å²) in [6.45, 7) is 5.96. The molecule has 23 heavy (non-hydrogen) atoms. The van der Waals surface area contributed by atoms with Crippen molar-refractivity contribution in [3.05, 3.63) is 41.3 Å².